The van der Waals surface area contributed by atoms with Crippen molar-refractivity contribution in [3.63, 3.8) is 0 Å². The van der Waals surface area contributed by atoms with E-state index in [2.05, 4.69) is 10.6 Å². The normalized spacial score (nSPS) is 46.6. The number of ether oxygens (including phenoxy) is 6. The Balaban J connectivity index is 1.33. The van der Waals surface area contributed by atoms with E-state index in [0.29, 0.717) is 12.5 Å². The van der Waals surface area contributed by atoms with Crippen LogP contribution in [0, 0.1) is 5.92 Å². The first-order valence-electron chi connectivity index (χ1n) is 18.8. The quantitative estimate of drug-likeness (QED) is 0.0687. The maximum atomic E-state index is 14.1. The SMILES string of the molecule is NC[C@@H]1O[C@H](O[C@H]2[C@@H](O)[C@H](O[C@@H]3[C@@H](O)[C@H](NC(=O)[C@@H](O)C(F)(F)CN)C[C@H](N)[C@H]3O[C@H]3O[C@H](CNCC4CC(N)C4)[C@@H](O)C[C@H]3N)O[C@@H]2CO)[C@H](N)[C@@H](O)[C@@H]1O. The molecule has 24 heteroatoms. The van der Waals surface area contributed by atoms with Gasteiger partial charge in [0.2, 0.25) is 0 Å². The Morgan fingerprint density at radius 2 is 1.38 bits per heavy atom. The number of rotatable bonds is 16. The largest absolute Gasteiger partial charge is 0.394 e. The molecule has 2 saturated carbocycles. The third kappa shape index (κ3) is 10.1. The second-order valence-corrected chi connectivity index (χ2v) is 15.5. The summed E-state index contributed by atoms with van der Waals surface area (Å²) < 4.78 is 63.8. The van der Waals surface area contributed by atoms with Gasteiger partial charge in [-0.15, -0.1) is 0 Å². The molecule has 0 radical (unpaired) electrons. The Bertz CT molecular complexity index is 1270. The van der Waals surface area contributed by atoms with Crippen molar-refractivity contribution in [2.75, 3.05) is 32.8 Å². The number of carbonyl (C=O) groups is 1. The van der Waals surface area contributed by atoms with E-state index >= 15 is 0 Å². The molecule has 22 nitrogen and oxygen atoms in total. The lowest BCUT2D eigenvalue weighted by Crippen LogP contribution is -2.68. The van der Waals surface area contributed by atoms with Gasteiger partial charge in [-0.3, -0.25) is 4.79 Å². The fourth-order valence-corrected chi connectivity index (χ4v) is 7.75. The van der Waals surface area contributed by atoms with Crippen LogP contribution in [-0.4, -0.2) is 203 Å². The van der Waals surface area contributed by atoms with Crippen LogP contribution in [0.15, 0.2) is 0 Å². The number of carbonyl (C=O) groups excluding carboxylic acids is 1. The molecule has 0 aromatic heterocycles. The van der Waals surface area contributed by atoms with Crippen LogP contribution in [0.25, 0.3) is 0 Å². The van der Waals surface area contributed by atoms with Gasteiger partial charge in [-0.05, 0) is 38.1 Å². The van der Waals surface area contributed by atoms with E-state index in [1.807, 2.05) is 0 Å². The van der Waals surface area contributed by atoms with Crippen molar-refractivity contribution >= 4 is 5.91 Å². The van der Waals surface area contributed by atoms with Crippen LogP contribution in [0.4, 0.5) is 8.78 Å². The van der Waals surface area contributed by atoms with Crippen LogP contribution < -0.4 is 45.0 Å². The Labute approximate surface area is 321 Å². The molecule has 0 unspecified atom stereocenters. The highest BCUT2D eigenvalue weighted by Crippen LogP contribution is 2.35. The Kier molecular flexibility index (Phi) is 15.7. The molecule has 56 heavy (non-hydrogen) atoms. The van der Waals surface area contributed by atoms with Gasteiger partial charge in [0.05, 0.1) is 43.5 Å². The van der Waals surface area contributed by atoms with Gasteiger partial charge in [0, 0.05) is 25.2 Å². The summed E-state index contributed by atoms with van der Waals surface area (Å²) in [7, 11) is 0. The average molecular weight is 819 g/mol. The minimum atomic E-state index is -4.01. The summed E-state index contributed by atoms with van der Waals surface area (Å²) in [5.41, 5.74) is 35.4. The lowest BCUT2D eigenvalue weighted by molar-refractivity contribution is -0.296. The maximum absolute atomic E-state index is 14.1. The van der Waals surface area contributed by atoms with Crippen LogP contribution in [0.3, 0.4) is 0 Å². The van der Waals surface area contributed by atoms with Gasteiger partial charge in [-0.25, -0.2) is 8.78 Å². The number of hydrogen-bond donors (Lipinski definition) is 15. The number of aliphatic hydroxyl groups is 7. The molecule has 0 bridgehead atoms. The maximum Gasteiger partial charge on any atom is 0.294 e. The van der Waals surface area contributed by atoms with Crippen molar-refractivity contribution in [3.8, 4) is 0 Å². The third-order valence-electron chi connectivity index (χ3n) is 11.2. The Morgan fingerprint density at radius 3 is 2.00 bits per heavy atom. The molecule has 5 rings (SSSR count). The average Bonchev–Trinajstić information content (AvgIpc) is 3.44. The third-order valence-corrected chi connectivity index (χ3v) is 11.2. The number of amides is 1. The van der Waals surface area contributed by atoms with E-state index in [1.165, 1.54) is 0 Å². The molecular weight excluding hydrogens is 758 g/mol. The molecule has 5 aliphatic rings. The van der Waals surface area contributed by atoms with E-state index in [0.717, 1.165) is 12.8 Å². The number of halogens is 2. The van der Waals surface area contributed by atoms with Gasteiger partial charge < -0.3 is 109 Å². The van der Waals surface area contributed by atoms with E-state index in [1.54, 1.807) is 0 Å². The lowest BCUT2D eigenvalue weighted by atomic mass is 9.81. The molecule has 0 aromatic carbocycles. The van der Waals surface area contributed by atoms with Gasteiger partial charge in [0.15, 0.2) is 25.0 Å². The summed E-state index contributed by atoms with van der Waals surface area (Å²) in [5, 5.41) is 80.0. The predicted octanol–water partition coefficient (Wildman–Crippen LogP) is -8.39. The van der Waals surface area contributed by atoms with Crippen LogP contribution in [0.1, 0.15) is 25.7 Å². The molecule has 326 valence electrons. The number of nitrogens with one attached hydrogen (secondary N) is 2. The summed E-state index contributed by atoms with van der Waals surface area (Å²) in [6, 6.07) is -4.71. The fraction of sp³-hybridized carbons (Fsp3) is 0.969. The molecule has 3 aliphatic heterocycles. The minimum Gasteiger partial charge on any atom is -0.394 e. The number of aliphatic hydroxyl groups excluding tert-OH is 7. The van der Waals surface area contributed by atoms with Crippen molar-refractivity contribution < 1.29 is 77.7 Å². The zero-order valence-electron chi connectivity index (χ0n) is 30.7. The Hall–Kier alpha value is -1.47. The van der Waals surface area contributed by atoms with Gasteiger partial charge >= 0.3 is 0 Å². The number of alkyl halides is 2. The molecule has 5 fully saturated rings. The van der Waals surface area contributed by atoms with Crippen molar-refractivity contribution in [2.45, 2.75) is 154 Å². The van der Waals surface area contributed by atoms with Gasteiger partial charge in [0.1, 0.15) is 54.9 Å². The first kappa shape index (κ1) is 45.6. The fourth-order valence-electron chi connectivity index (χ4n) is 7.75. The van der Waals surface area contributed by atoms with Crippen LogP contribution in [0.5, 0.6) is 0 Å². The Morgan fingerprint density at radius 1 is 0.750 bits per heavy atom. The highest BCUT2D eigenvalue weighted by atomic mass is 19.3. The summed E-state index contributed by atoms with van der Waals surface area (Å²) >= 11 is 0. The highest BCUT2D eigenvalue weighted by Gasteiger charge is 2.55. The summed E-state index contributed by atoms with van der Waals surface area (Å²) in [5.74, 6) is -5.20. The highest BCUT2D eigenvalue weighted by molar-refractivity contribution is 5.82. The number of nitrogens with two attached hydrogens (primary N) is 6. The molecule has 21 N–H and O–H groups in total. The molecule has 3 saturated heterocycles. The van der Waals surface area contributed by atoms with E-state index in [-0.39, 0.29) is 32.0 Å². The van der Waals surface area contributed by atoms with Gasteiger partial charge in [-0.2, -0.15) is 0 Å². The van der Waals surface area contributed by atoms with Crippen molar-refractivity contribution in [3.05, 3.63) is 0 Å². The van der Waals surface area contributed by atoms with Crippen LogP contribution in [0.2, 0.25) is 0 Å². The summed E-state index contributed by atoms with van der Waals surface area (Å²) in [6.07, 6.45) is -21.2. The van der Waals surface area contributed by atoms with E-state index < -0.39 is 141 Å². The van der Waals surface area contributed by atoms with E-state index in [9.17, 15) is 49.3 Å². The van der Waals surface area contributed by atoms with Crippen LogP contribution in [-0.2, 0) is 33.2 Å². The standard InChI is InChI=1S/C32H60F2N8O14/c33-32(34,9-36)27(49)28(50)42-14-3-12(38)24(54-29-13(39)4-15(44)17(52-29)7-41-6-10-1-11(37)2-10)26(20(14)45)56-31-23(48)25(18(8-43)53-31)55-30-19(40)22(47)21(46)16(5-35)51-30/h10-27,29-31,41,43-49H,1-9,35-40H2,(H,42,50)/t10?,11?,12-,13+,14+,15-,16-,17+,18+,19+,20-,21+,22+,23+,24+,25+,26+,27+,29+,30+,31-/m0/s1. The molecule has 3 heterocycles. The zero-order chi connectivity index (χ0) is 41.2. The zero-order valence-corrected chi connectivity index (χ0v) is 30.7. The first-order chi connectivity index (χ1) is 26.4. The van der Waals surface area contributed by atoms with Crippen molar-refractivity contribution in [1.82, 2.24) is 10.6 Å². The van der Waals surface area contributed by atoms with Crippen LogP contribution >= 0.6 is 0 Å². The van der Waals surface area contributed by atoms with Gasteiger partial charge in [0.25, 0.3) is 11.8 Å². The lowest BCUT2D eigenvalue weighted by Gasteiger charge is -2.47. The summed E-state index contributed by atoms with van der Waals surface area (Å²) in [6.45, 7) is -1.48. The second kappa shape index (κ2) is 19.3. The number of hydrogen-bond acceptors (Lipinski definition) is 21. The van der Waals surface area contributed by atoms with Crippen molar-refractivity contribution in [1.29, 1.82) is 0 Å². The first-order valence-corrected chi connectivity index (χ1v) is 18.8. The molecule has 2 aliphatic carbocycles. The van der Waals surface area contributed by atoms with E-state index in [4.69, 9.17) is 62.8 Å². The van der Waals surface area contributed by atoms with Gasteiger partial charge in [-0.1, -0.05) is 0 Å². The smallest absolute Gasteiger partial charge is 0.294 e. The molecule has 0 spiro atoms. The monoisotopic (exact) mass is 818 g/mol. The second-order valence-electron chi connectivity index (χ2n) is 15.5. The van der Waals surface area contributed by atoms with Crippen molar-refractivity contribution in [2.24, 2.45) is 40.3 Å². The summed E-state index contributed by atoms with van der Waals surface area (Å²) in [4.78, 5) is 12.7. The topological polar surface area (TPSA) is 394 Å². The molecular formula is C32H60F2N8O14. The molecule has 0 aromatic rings. The predicted molar refractivity (Wildman–Crippen MR) is 185 cm³/mol. The molecule has 19 atom stereocenters. The minimum absolute atomic E-state index is 0.0387. The molecule has 1 amide bonds.